The fraction of sp³-hybridized carbons (Fsp3) is 0.333. The van der Waals surface area contributed by atoms with Gasteiger partial charge < -0.3 is 10.2 Å². The summed E-state index contributed by atoms with van der Waals surface area (Å²) in [6.07, 6.45) is 0.284. The number of rotatable bonds is 4. The summed E-state index contributed by atoms with van der Waals surface area (Å²) >= 11 is 0. The van der Waals surface area contributed by atoms with Crippen LogP contribution in [0.25, 0.3) is 0 Å². The summed E-state index contributed by atoms with van der Waals surface area (Å²) < 4.78 is 13.3. The first-order valence-corrected chi connectivity index (χ1v) is 9.24. The number of carbonyl (C=O) groups is 2. The minimum atomic E-state index is -0.244. The van der Waals surface area contributed by atoms with Crippen LogP contribution in [0.1, 0.15) is 33.9 Å². The van der Waals surface area contributed by atoms with Crippen molar-refractivity contribution in [3.63, 3.8) is 0 Å². The summed E-state index contributed by atoms with van der Waals surface area (Å²) in [5.74, 6) is -0.272. The maximum atomic E-state index is 13.3. The number of nitrogens with one attached hydrogen (secondary N) is 1. The normalized spacial score (nSPS) is 19.7. The van der Waals surface area contributed by atoms with Crippen molar-refractivity contribution in [1.82, 2.24) is 15.1 Å². The molecule has 5 nitrogen and oxygen atoms in total. The van der Waals surface area contributed by atoms with Gasteiger partial charge in [-0.2, -0.15) is 0 Å². The fourth-order valence-electron chi connectivity index (χ4n) is 3.84. The molecule has 140 valence electrons. The Balaban J connectivity index is 1.31. The molecule has 6 heteroatoms. The van der Waals surface area contributed by atoms with Gasteiger partial charge in [-0.3, -0.25) is 14.5 Å². The van der Waals surface area contributed by atoms with Crippen LogP contribution in [0.4, 0.5) is 4.39 Å². The Labute approximate surface area is 157 Å². The van der Waals surface area contributed by atoms with E-state index in [0.29, 0.717) is 25.2 Å². The molecular weight excluding hydrogens is 345 g/mol. The van der Waals surface area contributed by atoms with E-state index in [0.717, 1.165) is 24.2 Å². The number of hydrogen-bond donors (Lipinski definition) is 1. The number of piperazine rings is 1. The zero-order valence-electron chi connectivity index (χ0n) is 15.0. The second-order valence-electron chi connectivity index (χ2n) is 7.10. The molecular formula is C21H22FN3O2. The number of nitrogens with zero attached hydrogens (tertiary/aromatic N) is 2. The predicted octanol–water partition coefficient (Wildman–Crippen LogP) is 2.34. The summed E-state index contributed by atoms with van der Waals surface area (Å²) in [4.78, 5) is 28.8. The van der Waals surface area contributed by atoms with E-state index < -0.39 is 0 Å². The molecule has 2 aromatic carbocycles. The Morgan fingerprint density at radius 2 is 1.85 bits per heavy atom. The largest absolute Gasteiger partial charge is 0.345 e. The molecule has 0 radical (unpaired) electrons. The van der Waals surface area contributed by atoms with Crippen molar-refractivity contribution in [2.75, 3.05) is 26.2 Å². The highest BCUT2D eigenvalue weighted by Gasteiger charge is 2.31. The lowest BCUT2D eigenvalue weighted by atomic mass is 10.0. The Morgan fingerprint density at radius 1 is 1.07 bits per heavy atom. The molecule has 1 fully saturated rings. The van der Waals surface area contributed by atoms with E-state index in [1.165, 1.54) is 6.07 Å². The van der Waals surface area contributed by atoms with Crippen molar-refractivity contribution < 1.29 is 14.0 Å². The van der Waals surface area contributed by atoms with Crippen molar-refractivity contribution in [3.8, 4) is 0 Å². The summed E-state index contributed by atoms with van der Waals surface area (Å²) in [6.45, 7) is 3.50. The van der Waals surface area contributed by atoms with Crippen LogP contribution >= 0.6 is 0 Å². The van der Waals surface area contributed by atoms with E-state index in [2.05, 4.69) is 10.2 Å². The van der Waals surface area contributed by atoms with Crippen LogP contribution in [0.2, 0.25) is 0 Å². The van der Waals surface area contributed by atoms with E-state index in [1.54, 1.807) is 18.2 Å². The Hall–Kier alpha value is -2.73. The molecule has 1 saturated heterocycles. The van der Waals surface area contributed by atoms with E-state index in [9.17, 15) is 14.0 Å². The second-order valence-corrected chi connectivity index (χ2v) is 7.10. The summed E-state index contributed by atoms with van der Waals surface area (Å²) in [5, 5.41) is 2.90. The fourth-order valence-corrected chi connectivity index (χ4v) is 3.84. The maximum absolute atomic E-state index is 13.3. The molecule has 2 aliphatic heterocycles. The number of halogens is 1. The number of hydrogen-bond acceptors (Lipinski definition) is 3. The molecule has 0 unspecified atom stereocenters. The number of fused-ring (bicyclic) bond motifs is 1. The first-order chi connectivity index (χ1) is 13.1. The molecule has 2 heterocycles. The molecule has 2 amide bonds. The van der Waals surface area contributed by atoms with Gasteiger partial charge >= 0.3 is 0 Å². The molecule has 2 aliphatic rings. The molecule has 27 heavy (non-hydrogen) atoms. The lowest BCUT2D eigenvalue weighted by Gasteiger charge is -2.35. The van der Waals surface area contributed by atoms with Crippen LogP contribution in [-0.4, -0.2) is 47.8 Å². The maximum Gasteiger partial charge on any atom is 0.252 e. The second kappa shape index (κ2) is 7.48. The van der Waals surface area contributed by atoms with Gasteiger partial charge in [0.05, 0.1) is 12.5 Å². The van der Waals surface area contributed by atoms with Crippen molar-refractivity contribution in [1.29, 1.82) is 0 Å². The highest BCUT2D eigenvalue weighted by Crippen LogP contribution is 2.28. The topological polar surface area (TPSA) is 52.7 Å². The third-order valence-corrected chi connectivity index (χ3v) is 5.29. The monoisotopic (exact) mass is 367 g/mol. The molecule has 0 spiro atoms. The van der Waals surface area contributed by atoms with Gasteiger partial charge in [0.15, 0.2) is 0 Å². The minimum absolute atomic E-state index is 0.0578. The van der Waals surface area contributed by atoms with Crippen molar-refractivity contribution in [3.05, 3.63) is 71.0 Å². The third kappa shape index (κ3) is 3.85. The van der Waals surface area contributed by atoms with Crippen LogP contribution in [0.5, 0.6) is 0 Å². The molecule has 0 bridgehead atoms. The van der Waals surface area contributed by atoms with Crippen molar-refractivity contribution in [2.45, 2.75) is 19.0 Å². The molecule has 1 N–H and O–H groups in total. The quantitative estimate of drug-likeness (QED) is 0.903. The average Bonchev–Trinajstić information content (AvgIpc) is 2.98. The van der Waals surface area contributed by atoms with Crippen molar-refractivity contribution in [2.24, 2.45) is 0 Å². The molecule has 0 aromatic heterocycles. The number of amides is 2. The standard InChI is InChI=1S/C21H22FN3O2/c22-16-5-3-4-15(12-16)14-24-8-10-25(11-9-24)20(26)13-19-17-6-1-2-7-18(17)21(27)23-19/h1-7,12,19H,8-11,13-14H2,(H,23,27)/t19-/m0/s1. The Kier molecular flexibility index (Phi) is 4.90. The number of carbonyl (C=O) groups excluding carboxylic acids is 2. The zero-order chi connectivity index (χ0) is 18.8. The van der Waals surface area contributed by atoms with Gasteiger partial charge in [-0.05, 0) is 29.3 Å². The highest BCUT2D eigenvalue weighted by atomic mass is 19.1. The lowest BCUT2D eigenvalue weighted by molar-refractivity contribution is -0.133. The minimum Gasteiger partial charge on any atom is -0.345 e. The van der Waals surface area contributed by atoms with E-state index >= 15 is 0 Å². The Morgan fingerprint density at radius 3 is 2.63 bits per heavy atom. The summed E-state index contributed by atoms with van der Waals surface area (Å²) in [5.41, 5.74) is 2.51. The molecule has 4 rings (SSSR count). The highest BCUT2D eigenvalue weighted by molar-refractivity contribution is 5.99. The van der Waals surface area contributed by atoms with Crippen LogP contribution in [0, 0.1) is 5.82 Å². The van der Waals surface area contributed by atoms with Crippen LogP contribution < -0.4 is 5.32 Å². The van der Waals surface area contributed by atoms with Gasteiger partial charge in [0.25, 0.3) is 5.91 Å². The van der Waals surface area contributed by atoms with Gasteiger partial charge in [0, 0.05) is 38.3 Å². The smallest absolute Gasteiger partial charge is 0.252 e. The van der Waals surface area contributed by atoms with Gasteiger partial charge in [0.1, 0.15) is 5.82 Å². The van der Waals surface area contributed by atoms with Gasteiger partial charge in [-0.1, -0.05) is 30.3 Å². The van der Waals surface area contributed by atoms with Crippen LogP contribution in [-0.2, 0) is 11.3 Å². The predicted molar refractivity (Wildman–Crippen MR) is 99.5 cm³/mol. The van der Waals surface area contributed by atoms with Crippen LogP contribution in [0.3, 0.4) is 0 Å². The lowest BCUT2D eigenvalue weighted by Crippen LogP contribution is -2.48. The molecule has 0 saturated carbocycles. The SMILES string of the molecule is O=C1N[C@@H](CC(=O)N2CCN(Cc3cccc(F)c3)CC2)c2ccccc21. The molecule has 2 aromatic rings. The van der Waals surface area contributed by atoms with Gasteiger partial charge in [-0.25, -0.2) is 4.39 Å². The van der Waals surface area contributed by atoms with Crippen LogP contribution in [0.15, 0.2) is 48.5 Å². The molecule has 1 atom stereocenters. The summed E-state index contributed by atoms with van der Waals surface area (Å²) in [7, 11) is 0. The van der Waals surface area contributed by atoms with E-state index in [1.807, 2.05) is 29.2 Å². The number of benzene rings is 2. The summed E-state index contributed by atoms with van der Waals surface area (Å²) in [6, 6.07) is 13.8. The van der Waals surface area contributed by atoms with Crippen molar-refractivity contribution >= 4 is 11.8 Å². The van der Waals surface area contributed by atoms with Gasteiger partial charge in [0.2, 0.25) is 5.91 Å². The van der Waals surface area contributed by atoms with E-state index in [4.69, 9.17) is 0 Å². The first-order valence-electron chi connectivity index (χ1n) is 9.24. The third-order valence-electron chi connectivity index (χ3n) is 5.29. The molecule has 0 aliphatic carbocycles. The Bertz CT molecular complexity index is 862. The average molecular weight is 367 g/mol. The van der Waals surface area contributed by atoms with Gasteiger partial charge in [-0.15, -0.1) is 0 Å². The first kappa shape index (κ1) is 17.7. The van der Waals surface area contributed by atoms with E-state index in [-0.39, 0.29) is 30.1 Å². The zero-order valence-corrected chi connectivity index (χ0v) is 15.0.